The Kier molecular flexibility index (Phi) is 4.96. The molecule has 0 radical (unpaired) electrons. The highest BCUT2D eigenvalue weighted by atomic mass is 79.9. The zero-order valence-corrected chi connectivity index (χ0v) is 16.7. The van der Waals surface area contributed by atoms with Gasteiger partial charge < -0.3 is 4.42 Å². The molecule has 3 rings (SSSR count). The van der Waals surface area contributed by atoms with E-state index in [1.54, 1.807) is 18.5 Å². The van der Waals surface area contributed by atoms with E-state index in [9.17, 15) is 4.79 Å². The van der Waals surface area contributed by atoms with Crippen LogP contribution in [-0.4, -0.2) is 15.9 Å². The molecule has 0 aliphatic carbocycles. The molecule has 6 heteroatoms. The predicted octanol–water partition coefficient (Wildman–Crippen LogP) is 4.99. The molecule has 0 aliphatic heterocycles. The van der Waals surface area contributed by atoms with Gasteiger partial charge in [0.2, 0.25) is 0 Å². The van der Waals surface area contributed by atoms with Crippen molar-refractivity contribution < 1.29 is 4.42 Å². The van der Waals surface area contributed by atoms with Crippen LogP contribution in [0.5, 0.6) is 0 Å². The zero-order chi connectivity index (χ0) is 18.9. The van der Waals surface area contributed by atoms with Crippen LogP contribution < -0.4 is 5.56 Å². The highest BCUT2D eigenvalue weighted by molar-refractivity contribution is 9.10. The average molecular weight is 414 g/mol. The first kappa shape index (κ1) is 18.3. The van der Waals surface area contributed by atoms with Crippen LogP contribution in [0.15, 0.2) is 61.0 Å². The van der Waals surface area contributed by atoms with Crippen molar-refractivity contribution in [3.63, 3.8) is 0 Å². The summed E-state index contributed by atoms with van der Waals surface area (Å²) in [6.07, 6.45) is 5.12. The second-order valence-electron chi connectivity index (χ2n) is 7.11. The molecular weight excluding hydrogens is 394 g/mol. The Labute approximate surface area is 160 Å². The number of halogens is 1. The number of hydrogen-bond donors (Lipinski definition) is 0. The van der Waals surface area contributed by atoms with E-state index in [-0.39, 0.29) is 11.0 Å². The van der Waals surface area contributed by atoms with Gasteiger partial charge in [-0.2, -0.15) is 9.78 Å². The first-order valence-electron chi connectivity index (χ1n) is 8.24. The van der Waals surface area contributed by atoms with Gasteiger partial charge in [0.15, 0.2) is 0 Å². The number of nitrogens with zero attached hydrogens (tertiary/aromatic N) is 3. The van der Waals surface area contributed by atoms with Gasteiger partial charge in [-0.15, -0.1) is 0 Å². The Morgan fingerprint density at radius 2 is 2.08 bits per heavy atom. The van der Waals surface area contributed by atoms with Gasteiger partial charge in [-0.3, -0.25) is 4.79 Å². The number of rotatable bonds is 3. The summed E-state index contributed by atoms with van der Waals surface area (Å²) < 4.78 is 7.52. The molecular formula is C20H20BrN3O2. The maximum absolute atomic E-state index is 13.0. The Balaban J connectivity index is 2.15. The predicted molar refractivity (Wildman–Crippen MR) is 109 cm³/mol. The standard InChI is InChI=1S/C20H20BrN3O2/c1-13(10-15-6-5-9-26-15)12-22-24-18(25)16-11-14(21)7-8-17(16)23-19(24)20(2,3)4/h5-12H,1-4H3/b13-10+,22-12?. The fraction of sp³-hybridized carbons (Fsp3) is 0.250. The van der Waals surface area contributed by atoms with E-state index in [4.69, 9.17) is 9.40 Å². The second kappa shape index (κ2) is 7.03. The zero-order valence-electron chi connectivity index (χ0n) is 15.2. The molecule has 0 N–H and O–H groups in total. The molecule has 0 saturated heterocycles. The van der Waals surface area contributed by atoms with Gasteiger partial charge in [-0.05, 0) is 48.9 Å². The smallest absolute Gasteiger partial charge is 0.282 e. The van der Waals surface area contributed by atoms with Crippen LogP contribution in [0.2, 0.25) is 0 Å². The molecule has 3 aromatic rings. The van der Waals surface area contributed by atoms with E-state index in [2.05, 4.69) is 21.0 Å². The van der Waals surface area contributed by atoms with Gasteiger partial charge in [0.25, 0.3) is 5.56 Å². The number of benzene rings is 1. The minimum absolute atomic E-state index is 0.191. The van der Waals surface area contributed by atoms with Gasteiger partial charge in [-0.1, -0.05) is 36.7 Å². The van der Waals surface area contributed by atoms with Gasteiger partial charge in [0, 0.05) is 9.89 Å². The van der Waals surface area contributed by atoms with Crippen LogP contribution in [-0.2, 0) is 5.41 Å². The fourth-order valence-corrected chi connectivity index (χ4v) is 2.89. The number of allylic oxidation sites excluding steroid dienone is 1. The third kappa shape index (κ3) is 3.85. The van der Waals surface area contributed by atoms with E-state index in [1.165, 1.54) is 4.68 Å². The van der Waals surface area contributed by atoms with E-state index in [1.807, 2.05) is 58.0 Å². The number of aromatic nitrogens is 2. The number of hydrogen-bond acceptors (Lipinski definition) is 4. The number of furan rings is 1. The van der Waals surface area contributed by atoms with Crippen molar-refractivity contribution in [3.8, 4) is 0 Å². The van der Waals surface area contributed by atoms with Crippen molar-refractivity contribution in [2.24, 2.45) is 5.10 Å². The largest absolute Gasteiger partial charge is 0.465 e. The van der Waals surface area contributed by atoms with Crippen LogP contribution in [0.3, 0.4) is 0 Å². The molecule has 0 fully saturated rings. The Morgan fingerprint density at radius 1 is 1.31 bits per heavy atom. The monoisotopic (exact) mass is 413 g/mol. The van der Waals surface area contributed by atoms with E-state index < -0.39 is 0 Å². The molecule has 0 amide bonds. The van der Waals surface area contributed by atoms with Crippen molar-refractivity contribution in [1.82, 2.24) is 9.66 Å². The lowest BCUT2D eigenvalue weighted by molar-refractivity contribution is 0.506. The summed E-state index contributed by atoms with van der Waals surface area (Å²) >= 11 is 3.41. The molecule has 0 spiro atoms. The van der Waals surface area contributed by atoms with E-state index in [0.717, 1.165) is 15.8 Å². The topological polar surface area (TPSA) is 60.4 Å². The highest BCUT2D eigenvalue weighted by Gasteiger charge is 2.22. The lowest BCUT2D eigenvalue weighted by Gasteiger charge is -2.20. The highest BCUT2D eigenvalue weighted by Crippen LogP contribution is 2.23. The summed E-state index contributed by atoms with van der Waals surface area (Å²) in [5, 5.41) is 4.95. The Hall–Kier alpha value is -2.47. The van der Waals surface area contributed by atoms with Crippen LogP contribution in [0.25, 0.3) is 17.0 Å². The first-order valence-corrected chi connectivity index (χ1v) is 9.04. The molecule has 1 aromatic carbocycles. The summed E-state index contributed by atoms with van der Waals surface area (Å²) in [5.41, 5.74) is 0.998. The maximum Gasteiger partial charge on any atom is 0.282 e. The molecule has 2 heterocycles. The molecule has 2 aromatic heterocycles. The van der Waals surface area contributed by atoms with E-state index >= 15 is 0 Å². The Morgan fingerprint density at radius 3 is 2.73 bits per heavy atom. The summed E-state index contributed by atoms with van der Waals surface area (Å²) in [6, 6.07) is 9.18. The Bertz CT molecular complexity index is 1060. The third-order valence-corrected chi connectivity index (χ3v) is 4.26. The SMILES string of the molecule is C/C(C=Nn1c(C(C)(C)C)nc2ccc(Br)cc2c1=O)=C\c1ccco1. The summed E-state index contributed by atoms with van der Waals surface area (Å²) in [7, 11) is 0. The van der Waals surface area contributed by atoms with Crippen molar-refractivity contribution in [3.05, 3.63) is 68.6 Å². The molecule has 0 atom stereocenters. The summed E-state index contributed by atoms with van der Waals surface area (Å²) in [5.74, 6) is 1.34. The first-order chi connectivity index (χ1) is 12.3. The van der Waals surface area contributed by atoms with Gasteiger partial charge in [0.05, 0.1) is 23.4 Å². The quantitative estimate of drug-likeness (QED) is 0.568. The van der Waals surface area contributed by atoms with Gasteiger partial charge >= 0.3 is 0 Å². The van der Waals surface area contributed by atoms with Crippen molar-refractivity contribution >= 4 is 39.1 Å². The summed E-state index contributed by atoms with van der Waals surface area (Å²) in [6.45, 7) is 7.93. The number of fused-ring (bicyclic) bond motifs is 1. The van der Waals surface area contributed by atoms with Crippen LogP contribution >= 0.6 is 15.9 Å². The normalized spacial score (nSPS) is 13.0. The lowest BCUT2D eigenvalue weighted by atomic mass is 9.95. The minimum Gasteiger partial charge on any atom is -0.465 e. The van der Waals surface area contributed by atoms with Crippen molar-refractivity contribution in [2.75, 3.05) is 0 Å². The van der Waals surface area contributed by atoms with Gasteiger partial charge in [-0.25, -0.2) is 4.98 Å². The van der Waals surface area contributed by atoms with Crippen LogP contribution in [0.1, 0.15) is 39.3 Å². The van der Waals surface area contributed by atoms with Crippen LogP contribution in [0.4, 0.5) is 0 Å². The molecule has 5 nitrogen and oxygen atoms in total. The van der Waals surface area contributed by atoms with Crippen molar-refractivity contribution in [2.45, 2.75) is 33.1 Å². The second-order valence-corrected chi connectivity index (χ2v) is 8.03. The lowest BCUT2D eigenvalue weighted by Crippen LogP contribution is -2.29. The van der Waals surface area contributed by atoms with Gasteiger partial charge in [0.1, 0.15) is 11.6 Å². The van der Waals surface area contributed by atoms with Crippen LogP contribution in [0, 0.1) is 0 Å². The van der Waals surface area contributed by atoms with Crippen molar-refractivity contribution in [1.29, 1.82) is 0 Å². The molecule has 134 valence electrons. The third-order valence-electron chi connectivity index (χ3n) is 3.77. The fourth-order valence-electron chi connectivity index (χ4n) is 2.53. The molecule has 0 bridgehead atoms. The molecule has 26 heavy (non-hydrogen) atoms. The molecule has 0 unspecified atom stereocenters. The van der Waals surface area contributed by atoms with E-state index in [0.29, 0.717) is 16.7 Å². The maximum atomic E-state index is 13.0. The molecule has 0 aliphatic rings. The average Bonchev–Trinajstić information content (AvgIpc) is 3.06. The minimum atomic E-state index is -0.337. The summed E-state index contributed by atoms with van der Waals surface area (Å²) in [4.78, 5) is 17.7. The molecule has 0 saturated carbocycles.